The lowest BCUT2D eigenvalue weighted by molar-refractivity contribution is -0.117. The first-order chi connectivity index (χ1) is 14.2. The zero-order valence-corrected chi connectivity index (χ0v) is 16.3. The lowest BCUT2D eigenvalue weighted by Gasteiger charge is -2.16. The summed E-state index contributed by atoms with van der Waals surface area (Å²) < 4.78 is 2.10. The van der Waals surface area contributed by atoms with Crippen molar-refractivity contribution >= 4 is 17.5 Å². The molecule has 6 heteroatoms. The van der Waals surface area contributed by atoms with Gasteiger partial charge >= 0.3 is 0 Å². The van der Waals surface area contributed by atoms with Crippen LogP contribution >= 0.6 is 0 Å². The Morgan fingerprint density at radius 3 is 2.76 bits per heavy atom. The largest absolute Gasteiger partial charge is 0.352 e. The predicted molar refractivity (Wildman–Crippen MR) is 112 cm³/mol. The molecule has 2 heterocycles. The molecule has 1 aliphatic heterocycles. The highest BCUT2D eigenvalue weighted by Gasteiger charge is 2.22. The van der Waals surface area contributed by atoms with Gasteiger partial charge in [-0.3, -0.25) is 9.59 Å². The third-order valence-corrected chi connectivity index (χ3v) is 5.13. The normalized spacial score (nSPS) is 13.7. The maximum Gasteiger partial charge on any atom is 0.251 e. The first-order valence-corrected chi connectivity index (χ1v) is 9.93. The predicted octanol–water partition coefficient (Wildman–Crippen LogP) is 3.03. The molecular formula is C23H24N4O2. The number of amides is 2. The molecule has 29 heavy (non-hydrogen) atoms. The maximum atomic E-state index is 12.6. The fourth-order valence-electron chi connectivity index (χ4n) is 3.62. The van der Waals surface area contributed by atoms with Crippen LogP contribution in [0.3, 0.4) is 0 Å². The van der Waals surface area contributed by atoms with Crippen LogP contribution in [0.4, 0.5) is 5.69 Å². The van der Waals surface area contributed by atoms with Crippen molar-refractivity contribution in [3.05, 3.63) is 83.9 Å². The number of hydrogen-bond acceptors (Lipinski definition) is 3. The van der Waals surface area contributed by atoms with E-state index in [0.717, 1.165) is 24.5 Å². The van der Waals surface area contributed by atoms with E-state index in [1.807, 2.05) is 36.5 Å². The van der Waals surface area contributed by atoms with Gasteiger partial charge < -0.3 is 14.8 Å². The number of carbonyl (C=O) groups excluding carboxylic acids is 2. The number of aromatic nitrogens is 2. The van der Waals surface area contributed by atoms with E-state index in [9.17, 15) is 9.59 Å². The van der Waals surface area contributed by atoms with E-state index in [-0.39, 0.29) is 11.8 Å². The highest BCUT2D eigenvalue weighted by Crippen LogP contribution is 2.22. The topological polar surface area (TPSA) is 67.2 Å². The van der Waals surface area contributed by atoms with Crippen molar-refractivity contribution in [2.45, 2.75) is 25.8 Å². The number of carbonyl (C=O) groups is 2. The number of hydrogen-bond donors (Lipinski definition) is 1. The Kier molecular flexibility index (Phi) is 5.70. The molecule has 0 radical (unpaired) electrons. The monoisotopic (exact) mass is 388 g/mol. The van der Waals surface area contributed by atoms with Crippen molar-refractivity contribution < 1.29 is 9.59 Å². The SMILES string of the molecule is O=C(NCCc1nccn1Cc1ccccc1)c1cccc(N2CCCC2=O)c1. The number of imidazole rings is 1. The molecule has 1 fully saturated rings. The maximum absolute atomic E-state index is 12.6. The summed E-state index contributed by atoms with van der Waals surface area (Å²) in [5, 5.41) is 2.96. The van der Waals surface area contributed by atoms with E-state index in [4.69, 9.17) is 0 Å². The molecule has 2 amide bonds. The molecule has 4 rings (SSSR count). The van der Waals surface area contributed by atoms with E-state index in [0.29, 0.717) is 31.5 Å². The molecule has 0 bridgehead atoms. The van der Waals surface area contributed by atoms with Gasteiger partial charge in [0.05, 0.1) is 0 Å². The van der Waals surface area contributed by atoms with Gasteiger partial charge in [-0.2, -0.15) is 0 Å². The molecule has 0 atom stereocenters. The Morgan fingerprint density at radius 2 is 1.97 bits per heavy atom. The van der Waals surface area contributed by atoms with E-state index in [2.05, 4.69) is 27.0 Å². The van der Waals surface area contributed by atoms with Gasteiger partial charge in [0.25, 0.3) is 5.91 Å². The zero-order valence-electron chi connectivity index (χ0n) is 16.3. The van der Waals surface area contributed by atoms with Gasteiger partial charge in [0.2, 0.25) is 5.91 Å². The fraction of sp³-hybridized carbons (Fsp3) is 0.261. The number of rotatable bonds is 7. The Morgan fingerprint density at radius 1 is 1.10 bits per heavy atom. The fourth-order valence-corrected chi connectivity index (χ4v) is 3.62. The Bertz CT molecular complexity index is 997. The van der Waals surface area contributed by atoms with Crippen LogP contribution in [0.25, 0.3) is 0 Å². The minimum absolute atomic E-state index is 0.118. The number of anilines is 1. The van der Waals surface area contributed by atoms with Gasteiger partial charge in [-0.15, -0.1) is 0 Å². The number of nitrogens with zero attached hydrogens (tertiary/aromatic N) is 3. The van der Waals surface area contributed by atoms with Crippen LogP contribution in [-0.2, 0) is 17.8 Å². The Balaban J connectivity index is 1.34. The van der Waals surface area contributed by atoms with Crippen LogP contribution < -0.4 is 10.2 Å². The van der Waals surface area contributed by atoms with Crippen molar-refractivity contribution in [1.29, 1.82) is 0 Å². The highest BCUT2D eigenvalue weighted by molar-refractivity contribution is 5.99. The van der Waals surface area contributed by atoms with Gasteiger partial charge in [-0.05, 0) is 30.2 Å². The van der Waals surface area contributed by atoms with E-state index >= 15 is 0 Å². The minimum atomic E-state index is -0.139. The van der Waals surface area contributed by atoms with Crippen LogP contribution in [0.15, 0.2) is 67.0 Å². The van der Waals surface area contributed by atoms with Gasteiger partial charge in [0.1, 0.15) is 5.82 Å². The summed E-state index contributed by atoms with van der Waals surface area (Å²) in [4.78, 5) is 30.7. The summed E-state index contributed by atoms with van der Waals surface area (Å²) in [6.07, 6.45) is 5.84. The molecule has 3 aromatic rings. The summed E-state index contributed by atoms with van der Waals surface area (Å²) in [6.45, 7) is 1.97. The van der Waals surface area contributed by atoms with Gasteiger partial charge in [-0.1, -0.05) is 36.4 Å². The first-order valence-electron chi connectivity index (χ1n) is 9.93. The molecule has 148 valence electrons. The average Bonchev–Trinajstić information content (AvgIpc) is 3.37. The van der Waals surface area contributed by atoms with Crippen LogP contribution in [-0.4, -0.2) is 34.5 Å². The summed E-state index contributed by atoms with van der Waals surface area (Å²) in [5.41, 5.74) is 2.57. The van der Waals surface area contributed by atoms with Crippen LogP contribution in [0.1, 0.15) is 34.6 Å². The standard InChI is InChI=1S/C23H24N4O2/c28-22-10-5-14-27(22)20-9-4-8-19(16-20)23(29)25-12-11-21-24-13-15-26(21)17-18-6-2-1-3-7-18/h1-4,6-9,13,15-16H,5,10-12,14,17H2,(H,25,29). The first kappa shape index (κ1) is 18.9. The summed E-state index contributed by atoms with van der Waals surface area (Å²) in [7, 11) is 0. The summed E-state index contributed by atoms with van der Waals surface area (Å²) in [6, 6.07) is 17.5. The second kappa shape index (κ2) is 8.73. The zero-order chi connectivity index (χ0) is 20.1. The van der Waals surface area contributed by atoms with E-state index in [1.54, 1.807) is 23.2 Å². The Labute approximate surface area is 170 Å². The van der Waals surface area contributed by atoms with Crippen molar-refractivity contribution in [2.75, 3.05) is 18.0 Å². The second-order valence-electron chi connectivity index (χ2n) is 7.16. The summed E-state index contributed by atoms with van der Waals surface area (Å²) in [5.74, 6) is 0.915. The quantitative estimate of drug-likeness (QED) is 0.677. The van der Waals surface area contributed by atoms with Gasteiger partial charge in [0, 0.05) is 56.1 Å². The van der Waals surface area contributed by atoms with E-state index in [1.165, 1.54) is 5.56 Å². The molecule has 1 saturated heterocycles. The lowest BCUT2D eigenvalue weighted by atomic mass is 10.1. The third-order valence-electron chi connectivity index (χ3n) is 5.13. The third kappa shape index (κ3) is 4.54. The molecule has 1 aliphatic rings. The van der Waals surface area contributed by atoms with Crippen molar-refractivity contribution in [2.24, 2.45) is 0 Å². The average molecular weight is 388 g/mol. The Hall–Kier alpha value is -3.41. The van der Waals surface area contributed by atoms with Crippen LogP contribution in [0, 0.1) is 0 Å². The number of benzene rings is 2. The molecule has 0 spiro atoms. The number of nitrogens with one attached hydrogen (secondary N) is 1. The van der Waals surface area contributed by atoms with E-state index < -0.39 is 0 Å². The molecular weight excluding hydrogens is 364 g/mol. The lowest BCUT2D eigenvalue weighted by Crippen LogP contribution is -2.27. The minimum Gasteiger partial charge on any atom is -0.352 e. The van der Waals surface area contributed by atoms with Crippen molar-refractivity contribution in [1.82, 2.24) is 14.9 Å². The van der Waals surface area contributed by atoms with Crippen LogP contribution in [0.2, 0.25) is 0 Å². The molecule has 0 saturated carbocycles. The molecule has 2 aromatic carbocycles. The molecule has 1 aromatic heterocycles. The second-order valence-corrected chi connectivity index (χ2v) is 7.16. The van der Waals surface area contributed by atoms with Crippen LogP contribution in [0.5, 0.6) is 0 Å². The van der Waals surface area contributed by atoms with Gasteiger partial charge in [0.15, 0.2) is 0 Å². The van der Waals surface area contributed by atoms with Crippen molar-refractivity contribution in [3.8, 4) is 0 Å². The summed E-state index contributed by atoms with van der Waals surface area (Å²) >= 11 is 0. The highest BCUT2D eigenvalue weighted by atomic mass is 16.2. The van der Waals surface area contributed by atoms with Crippen molar-refractivity contribution in [3.63, 3.8) is 0 Å². The molecule has 6 nitrogen and oxygen atoms in total. The molecule has 0 aliphatic carbocycles. The molecule has 1 N–H and O–H groups in total. The smallest absolute Gasteiger partial charge is 0.251 e. The molecule has 0 unspecified atom stereocenters. The van der Waals surface area contributed by atoms with Gasteiger partial charge in [-0.25, -0.2) is 4.98 Å².